The monoisotopic (exact) mass is 439 g/mol. The molecule has 8 nitrogen and oxygen atoms in total. The van der Waals surface area contributed by atoms with Crippen molar-refractivity contribution in [1.29, 1.82) is 0 Å². The van der Waals surface area contributed by atoms with Gasteiger partial charge >= 0.3 is 6.03 Å². The standard InChI is InChI=1S/C19H22ClN3O5S/c20-15-1-3-16(4-2-15)22-19(24)21-9-12-28-17-5-7-18(8-6-17)29(25,26)23-10-13-27-14-11-23/h1-8H,9-14H2,(H2,21,22,24). The molecule has 1 heterocycles. The molecule has 1 aliphatic rings. The second kappa shape index (κ2) is 9.93. The number of morpholine rings is 1. The van der Waals surface area contributed by atoms with Crippen molar-refractivity contribution in [2.75, 3.05) is 44.8 Å². The predicted molar refractivity (Wildman–Crippen MR) is 110 cm³/mol. The molecule has 29 heavy (non-hydrogen) atoms. The number of hydrogen-bond acceptors (Lipinski definition) is 5. The Hall–Kier alpha value is -2.33. The summed E-state index contributed by atoms with van der Waals surface area (Å²) in [4.78, 5) is 12.0. The first-order valence-corrected chi connectivity index (χ1v) is 10.9. The molecule has 0 atom stereocenters. The average Bonchev–Trinajstić information content (AvgIpc) is 2.74. The molecule has 0 bridgehead atoms. The van der Waals surface area contributed by atoms with Crippen LogP contribution in [0.3, 0.4) is 0 Å². The molecule has 0 saturated carbocycles. The van der Waals surface area contributed by atoms with Gasteiger partial charge in [0.1, 0.15) is 12.4 Å². The SMILES string of the molecule is O=C(NCCOc1ccc(S(=O)(=O)N2CCOCC2)cc1)Nc1ccc(Cl)cc1. The van der Waals surface area contributed by atoms with Crippen LogP contribution in [0.15, 0.2) is 53.4 Å². The van der Waals surface area contributed by atoms with Crippen molar-refractivity contribution in [3.8, 4) is 5.75 Å². The van der Waals surface area contributed by atoms with Crippen LogP contribution in [0.5, 0.6) is 5.75 Å². The minimum atomic E-state index is -3.52. The number of benzene rings is 2. The number of halogens is 1. The first-order chi connectivity index (χ1) is 13.9. The smallest absolute Gasteiger partial charge is 0.319 e. The van der Waals surface area contributed by atoms with Crippen molar-refractivity contribution in [3.63, 3.8) is 0 Å². The summed E-state index contributed by atoms with van der Waals surface area (Å²) >= 11 is 5.80. The van der Waals surface area contributed by atoms with Gasteiger partial charge in [0.05, 0.1) is 24.7 Å². The van der Waals surface area contributed by atoms with E-state index in [4.69, 9.17) is 21.1 Å². The van der Waals surface area contributed by atoms with E-state index in [9.17, 15) is 13.2 Å². The number of rotatable bonds is 7. The van der Waals surface area contributed by atoms with E-state index in [0.717, 1.165) is 0 Å². The van der Waals surface area contributed by atoms with Gasteiger partial charge in [-0.15, -0.1) is 0 Å². The molecular formula is C19H22ClN3O5S. The largest absolute Gasteiger partial charge is 0.492 e. The number of nitrogens with zero attached hydrogens (tertiary/aromatic N) is 1. The Morgan fingerprint density at radius 2 is 1.72 bits per heavy atom. The second-order valence-electron chi connectivity index (χ2n) is 6.22. The highest BCUT2D eigenvalue weighted by molar-refractivity contribution is 7.89. The number of carbonyl (C=O) groups is 1. The number of carbonyl (C=O) groups excluding carboxylic acids is 1. The zero-order valence-electron chi connectivity index (χ0n) is 15.6. The van der Waals surface area contributed by atoms with Crippen molar-refractivity contribution in [3.05, 3.63) is 53.6 Å². The number of urea groups is 1. The molecule has 156 valence electrons. The minimum absolute atomic E-state index is 0.215. The Morgan fingerprint density at radius 1 is 1.07 bits per heavy atom. The van der Waals surface area contributed by atoms with Crippen LogP contribution in [-0.2, 0) is 14.8 Å². The van der Waals surface area contributed by atoms with Crippen molar-refractivity contribution < 1.29 is 22.7 Å². The van der Waals surface area contributed by atoms with Gasteiger partial charge in [0.15, 0.2) is 0 Å². The van der Waals surface area contributed by atoms with Crippen molar-refractivity contribution in [1.82, 2.24) is 9.62 Å². The fraction of sp³-hybridized carbons (Fsp3) is 0.316. The van der Waals surface area contributed by atoms with Gasteiger partial charge in [-0.05, 0) is 48.5 Å². The fourth-order valence-electron chi connectivity index (χ4n) is 2.69. The topological polar surface area (TPSA) is 97.0 Å². The summed E-state index contributed by atoms with van der Waals surface area (Å²) in [7, 11) is -3.52. The number of anilines is 1. The van der Waals surface area contributed by atoms with Gasteiger partial charge in [-0.25, -0.2) is 13.2 Å². The summed E-state index contributed by atoms with van der Waals surface area (Å²) in [6, 6.07) is 12.6. The quantitative estimate of drug-likeness (QED) is 0.646. The minimum Gasteiger partial charge on any atom is -0.492 e. The highest BCUT2D eigenvalue weighted by Crippen LogP contribution is 2.20. The molecule has 2 amide bonds. The van der Waals surface area contributed by atoms with Crippen LogP contribution < -0.4 is 15.4 Å². The highest BCUT2D eigenvalue weighted by atomic mass is 35.5. The van der Waals surface area contributed by atoms with Crippen LogP contribution in [0.4, 0.5) is 10.5 Å². The van der Waals surface area contributed by atoms with Gasteiger partial charge in [-0.1, -0.05) is 11.6 Å². The summed E-state index contributed by atoms with van der Waals surface area (Å²) in [6.45, 7) is 2.03. The van der Waals surface area contributed by atoms with E-state index in [0.29, 0.717) is 42.8 Å². The maximum atomic E-state index is 12.6. The second-order valence-corrected chi connectivity index (χ2v) is 8.60. The molecule has 2 N–H and O–H groups in total. The molecule has 2 aromatic rings. The molecule has 0 unspecified atom stereocenters. The third kappa shape index (κ3) is 6.07. The summed E-state index contributed by atoms with van der Waals surface area (Å²) in [5.41, 5.74) is 0.630. The van der Waals surface area contributed by atoms with Crippen molar-refractivity contribution in [2.24, 2.45) is 0 Å². The molecule has 0 aliphatic carbocycles. The molecular weight excluding hydrogens is 418 g/mol. The third-order valence-corrected chi connectivity index (χ3v) is 6.35. The Morgan fingerprint density at radius 3 is 2.38 bits per heavy atom. The van der Waals surface area contributed by atoms with E-state index in [2.05, 4.69) is 10.6 Å². The molecule has 1 fully saturated rings. The Bertz CT molecular complexity index is 914. The number of amides is 2. The van der Waals surface area contributed by atoms with E-state index in [-0.39, 0.29) is 24.1 Å². The number of hydrogen-bond donors (Lipinski definition) is 2. The highest BCUT2D eigenvalue weighted by Gasteiger charge is 2.26. The molecule has 10 heteroatoms. The molecule has 0 aromatic heterocycles. The summed E-state index contributed by atoms with van der Waals surface area (Å²) in [5.74, 6) is 0.519. The normalized spacial score (nSPS) is 14.9. The van der Waals surface area contributed by atoms with E-state index in [1.54, 1.807) is 36.4 Å². The first-order valence-electron chi connectivity index (χ1n) is 9.06. The van der Waals surface area contributed by atoms with E-state index < -0.39 is 10.0 Å². The Balaban J connectivity index is 1.43. The molecule has 1 aliphatic heterocycles. The molecule has 0 spiro atoms. The van der Waals surface area contributed by atoms with Crippen LogP contribution in [0.25, 0.3) is 0 Å². The van der Waals surface area contributed by atoms with Crippen LogP contribution >= 0.6 is 11.6 Å². The van der Waals surface area contributed by atoms with Gasteiger partial charge in [0.2, 0.25) is 10.0 Å². The zero-order chi connectivity index (χ0) is 20.7. The van der Waals surface area contributed by atoms with Gasteiger partial charge in [-0.3, -0.25) is 0 Å². The van der Waals surface area contributed by atoms with E-state index in [1.165, 1.54) is 16.4 Å². The summed E-state index contributed by atoms with van der Waals surface area (Å²) in [5, 5.41) is 5.94. The molecule has 0 radical (unpaired) electrons. The first kappa shape index (κ1) is 21.4. The number of nitrogens with one attached hydrogen (secondary N) is 2. The maximum Gasteiger partial charge on any atom is 0.319 e. The van der Waals surface area contributed by atoms with Crippen LogP contribution in [0.2, 0.25) is 5.02 Å². The number of ether oxygens (including phenoxy) is 2. The van der Waals surface area contributed by atoms with Gasteiger partial charge in [-0.2, -0.15) is 4.31 Å². The zero-order valence-corrected chi connectivity index (χ0v) is 17.2. The van der Waals surface area contributed by atoms with E-state index >= 15 is 0 Å². The predicted octanol–water partition coefficient (Wildman–Crippen LogP) is 2.56. The third-order valence-electron chi connectivity index (χ3n) is 4.19. The van der Waals surface area contributed by atoms with E-state index in [1.807, 2.05) is 0 Å². The van der Waals surface area contributed by atoms with Crippen molar-refractivity contribution >= 4 is 33.3 Å². The lowest BCUT2D eigenvalue weighted by atomic mass is 10.3. The summed E-state index contributed by atoms with van der Waals surface area (Å²) in [6.07, 6.45) is 0. The average molecular weight is 440 g/mol. The van der Waals surface area contributed by atoms with Crippen LogP contribution in [-0.4, -0.2) is 58.2 Å². The molecule has 3 rings (SSSR count). The van der Waals surface area contributed by atoms with Gasteiger partial charge in [0, 0.05) is 23.8 Å². The maximum absolute atomic E-state index is 12.6. The lowest BCUT2D eigenvalue weighted by molar-refractivity contribution is 0.0730. The van der Waals surface area contributed by atoms with Gasteiger partial charge < -0.3 is 20.1 Å². The lowest BCUT2D eigenvalue weighted by Crippen LogP contribution is -2.40. The van der Waals surface area contributed by atoms with Crippen LogP contribution in [0.1, 0.15) is 0 Å². The van der Waals surface area contributed by atoms with Gasteiger partial charge in [0.25, 0.3) is 0 Å². The molecule has 1 saturated heterocycles. The fourth-order valence-corrected chi connectivity index (χ4v) is 4.22. The Labute approximate surface area is 174 Å². The lowest BCUT2D eigenvalue weighted by Gasteiger charge is -2.26. The molecule has 2 aromatic carbocycles. The van der Waals surface area contributed by atoms with Crippen molar-refractivity contribution in [2.45, 2.75) is 4.90 Å². The number of sulfonamides is 1. The van der Waals surface area contributed by atoms with Crippen LogP contribution in [0, 0.1) is 0 Å². The summed E-state index contributed by atoms with van der Waals surface area (Å²) < 4.78 is 37.3. The Kier molecular flexibility index (Phi) is 7.32.